The van der Waals surface area contributed by atoms with Gasteiger partial charge in [0.1, 0.15) is 30.6 Å². The summed E-state index contributed by atoms with van der Waals surface area (Å²) in [7, 11) is 5.25. The van der Waals surface area contributed by atoms with E-state index in [4.69, 9.17) is 22.1 Å². The summed E-state index contributed by atoms with van der Waals surface area (Å²) in [6.07, 6.45) is 2.62. The number of oxime groups is 1. The highest BCUT2D eigenvalue weighted by Crippen LogP contribution is 2.30. The zero-order valence-corrected chi connectivity index (χ0v) is 16.5. The molecule has 2 aromatic rings. The van der Waals surface area contributed by atoms with Crippen LogP contribution in [0.1, 0.15) is 5.56 Å². The molecule has 4 N–H and O–H groups in total. The van der Waals surface area contributed by atoms with Crippen LogP contribution in [0, 0.1) is 0 Å². The van der Waals surface area contributed by atoms with E-state index in [0.29, 0.717) is 28.6 Å². The first-order valence-corrected chi connectivity index (χ1v) is 8.62. The van der Waals surface area contributed by atoms with E-state index in [1.165, 1.54) is 19.7 Å². The van der Waals surface area contributed by atoms with Crippen LogP contribution in [0.3, 0.4) is 0 Å². The molecule has 0 aliphatic heterocycles. The Morgan fingerprint density at radius 2 is 2.18 bits per heavy atom. The molecule has 1 aromatic carbocycles. The van der Waals surface area contributed by atoms with Crippen LogP contribution in [0.2, 0.25) is 5.02 Å². The zero-order chi connectivity index (χ0) is 20.5. The summed E-state index contributed by atoms with van der Waals surface area (Å²) in [5, 5.41) is 9.38. The lowest BCUT2D eigenvalue weighted by Gasteiger charge is -2.13. The minimum absolute atomic E-state index is 0.185. The lowest BCUT2D eigenvalue weighted by Crippen LogP contribution is -2.34. The molecule has 0 unspecified atom stereocenters. The van der Waals surface area contributed by atoms with Crippen molar-refractivity contribution in [3.05, 3.63) is 35.1 Å². The molecule has 0 saturated carbocycles. The van der Waals surface area contributed by atoms with Gasteiger partial charge in [-0.1, -0.05) is 16.8 Å². The Morgan fingerprint density at radius 1 is 1.39 bits per heavy atom. The Labute approximate surface area is 167 Å². The van der Waals surface area contributed by atoms with Crippen molar-refractivity contribution in [2.24, 2.45) is 5.16 Å². The fraction of sp³-hybridized carbons (Fsp3) is 0.294. The van der Waals surface area contributed by atoms with Crippen molar-refractivity contribution in [1.82, 2.24) is 20.2 Å². The summed E-state index contributed by atoms with van der Waals surface area (Å²) in [5.41, 5.74) is 6.63. The van der Waals surface area contributed by atoms with Crippen molar-refractivity contribution < 1.29 is 14.4 Å². The van der Waals surface area contributed by atoms with E-state index in [9.17, 15) is 4.79 Å². The fourth-order valence-corrected chi connectivity index (χ4v) is 2.25. The van der Waals surface area contributed by atoms with Gasteiger partial charge >= 0.3 is 6.03 Å². The van der Waals surface area contributed by atoms with Gasteiger partial charge in [0.2, 0.25) is 5.88 Å². The summed E-state index contributed by atoms with van der Waals surface area (Å²) in [6, 6.07) is 4.46. The molecule has 1 aromatic heterocycles. The maximum absolute atomic E-state index is 11.9. The second kappa shape index (κ2) is 10.3. The quantitative estimate of drug-likeness (QED) is 0.452. The van der Waals surface area contributed by atoms with Crippen molar-refractivity contribution in [1.29, 1.82) is 0 Å². The standard InChI is InChI=1S/C17H22ClN7O3/c1-25(2)7-6-20-17(26)24-14-5-4-11(8-13(14)18)28-16-12(9-23-27-3)15(19)21-10-22-16/h4-5,8-10H,6-7H2,1-3H3,(H2,19,21,22)(H2,20,24,26). The SMILES string of the molecule is CON=Cc1c(N)ncnc1Oc1ccc(NC(=O)NCCN(C)C)c(Cl)c1. The van der Waals surface area contributed by atoms with Gasteiger partial charge in [0.25, 0.3) is 0 Å². The number of halogens is 1. The van der Waals surface area contributed by atoms with Gasteiger partial charge in [0.15, 0.2) is 0 Å². The van der Waals surface area contributed by atoms with Crippen LogP contribution in [-0.2, 0) is 4.84 Å². The molecule has 2 rings (SSSR count). The Balaban J connectivity index is 2.08. The predicted molar refractivity (Wildman–Crippen MR) is 108 cm³/mol. The molecule has 2 amide bonds. The number of aromatic nitrogens is 2. The third kappa shape index (κ3) is 6.25. The van der Waals surface area contributed by atoms with Gasteiger partial charge in [-0.15, -0.1) is 0 Å². The second-order valence-electron chi connectivity index (χ2n) is 5.82. The molecular weight excluding hydrogens is 386 g/mol. The smallest absolute Gasteiger partial charge is 0.319 e. The molecular formula is C17H22ClN7O3. The van der Waals surface area contributed by atoms with E-state index in [1.807, 2.05) is 19.0 Å². The Hall–Kier alpha value is -3.11. The normalized spacial score (nSPS) is 10.9. The average Bonchev–Trinajstić information content (AvgIpc) is 2.63. The molecule has 150 valence electrons. The number of carbonyl (C=O) groups is 1. The van der Waals surface area contributed by atoms with E-state index in [2.05, 4.69) is 30.6 Å². The minimum atomic E-state index is -0.348. The molecule has 28 heavy (non-hydrogen) atoms. The molecule has 0 spiro atoms. The lowest BCUT2D eigenvalue weighted by molar-refractivity contribution is 0.215. The molecule has 0 fully saturated rings. The van der Waals surface area contributed by atoms with Crippen LogP contribution < -0.4 is 21.1 Å². The second-order valence-corrected chi connectivity index (χ2v) is 6.23. The van der Waals surface area contributed by atoms with Gasteiger partial charge in [0.05, 0.1) is 16.9 Å². The van der Waals surface area contributed by atoms with Crippen LogP contribution in [-0.4, -0.2) is 61.4 Å². The summed E-state index contributed by atoms with van der Waals surface area (Å²) in [4.78, 5) is 26.5. The summed E-state index contributed by atoms with van der Waals surface area (Å²) in [6.45, 7) is 1.24. The van der Waals surface area contributed by atoms with Gasteiger partial charge in [-0.2, -0.15) is 0 Å². The highest BCUT2D eigenvalue weighted by molar-refractivity contribution is 6.33. The lowest BCUT2D eigenvalue weighted by atomic mass is 10.3. The van der Waals surface area contributed by atoms with E-state index in [0.717, 1.165) is 6.54 Å². The van der Waals surface area contributed by atoms with Crippen LogP contribution in [0.4, 0.5) is 16.3 Å². The Morgan fingerprint density at radius 3 is 2.86 bits per heavy atom. The Kier molecular flexibility index (Phi) is 7.78. The third-order valence-corrected chi connectivity index (χ3v) is 3.73. The van der Waals surface area contributed by atoms with Gasteiger partial charge in [-0.05, 0) is 26.2 Å². The molecule has 0 bridgehead atoms. The molecule has 1 heterocycles. The van der Waals surface area contributed by atoms with E-state index in [-0.39, 0.29) is 17.7 Å². The maximum atomic E-state index is 11.9. The van der Waals surface area contributed by atoms with Gasteiger partial charge in [-0.3, -0.25) is 0 Å². The Bertz CT molecular complexity index is 845. The zero-order valence-electron chi connectivity index (χ0n) is 15.8. The van der Waals surface area contributed by atoms with Crippen LogP contribution in [0.5, 0.6) is 11.6 Å². The van der Waals surface area contributed by atoms with Crippen molar-refractivity contribution >= 4 is 35.4 Å². The number of carbonyl (C=O) groups excluding carboxylic acids is 1. The van der Waals surface area contributed by atoms with Crippen molar-refractivity contribution in [3.8, 4) is 11.6 Å². The number of anilines is 2. The summed E-state index contributed by atoms with van der Waals surface area (Å²) in [5.74, 6) is 0.768. The predicted octanol–water partition coefficient (Wildman–Crippen LogP) is 2.17. The van der Waals surface area contributed by atoms with Crippen LogP contribution >= 0.6 is 11.6 Å². The van der Waals surface area contributed by atoms with Crippen LogP contribution in [0.15, 0.2) is 29.7 Å². The molecule has 0 aliphatic rings. The number of hydrogen-bond acceptors (Lipinski definition) is 8. The number of ether oxygens (including phenoxy) is 1. The number of nitrogens with one attached hydrogen (secondary N) is 2. The molecule has 0 radical (unpaired) electrons. The molecule has 0 saturated heterocycles. The number of urea groups is 1. The minimum Gasteiger partial charge on any atom is -0.438 e. The molecule has 0 aliphatic carbocycles. The number of likely N-dealkylation sites (N-methyl/N-ethyl adjacent to an activating group) is 1. The van der Waals surface area contributed by atoms with Gasteiger partial charge in [0, 0.05) is 19.2 Å². The number of rotatable bonds is 8. The summed E-state index contributed by atoms with van der Waals surface area (Å²) < 4.78 is 5.72. The monoisotopic (exact) mass is 407 g/mol. The van der Waals surface area contributed by atoms with Crippen molar-refractivity contribution in [2.45, 2.75) is 0 Å². The van der Waals surface area contributed by atoms with Crippen molar-refractivity contribution in [3.63, 3.8) is 0 Å². The molecule has 0 atom stereocenters. The first kappa shape index (κ1) is 21.2. The van der Waals surface area contributed by atoms with Gasteiger partial charge in [-0.25, -0.2) is 14.8 Å². The molecule has 10 nitrogen and oxygen atoms in total. The fourth-order valence-electron chi connectivity index (χ4n) is 2.03. The van der Waals surface area contributed by atoms with Crippen LogP contribution in [0.25, 0.3) is 0 Å². The topological polar surface area (TPSA) is 127 Å². The largest absolute Gasteiger partial charge is 0.438 e. The maximum Gasteiger partial charge on any atom is 0.319 e. The number of nitrogen functional groups attached to an aromatic ring is 1. The number of nitrogens with zero attached hydrogens (tertiary/aromatic N) is 4. The van der Waals surface area contributed by atoms with E-state index < -0.39 is 0 Å². The number of benzene rings is 1. The highest BCUT2D eigenvalue weighted by atomic mass is 35.5. The van der Waals surface area contributed by atoms with Gasteiger partial charge < -0.3 is 30.8 Å². The first-order valence-electron chi connectivity index (χ1n) is 8.24. The average molecular weight is 408 g/mol. The molecule has 11 heteroatoms. The number of hydrogen-bond donors (Lipinski definition) is 3. The van der Waals surface area contributed by atoms with E-state index >= 15 is 0 Å². The summed E-state index contributed by atoms with van der Waals surface area (Å²) >= 11 is 6.24. The highest BCUT2D eigenvalue weighted by Gasteiger charge is 2.12. The van der Waals surface area contributed by atoms with Crippen molar-refractivity contribution in [2.75, 3.05) is 45.3 Å². The van der Waals surface area contributed by atoms with E-state index in [1.54, 1.807) is 18.2 Å². The first-order chi connectivity index (χ1) is 13.4. The third-order valence-electron chi connectivity index (χ3n) is 3.41. The number of nitrogens with two attached hydrogens (primary N) is 1. The number of amides is 2.